The molecule has 0 bridgehead atoms. The van der Waals surface area contributed by atoms with Crippen molar-refractivity contribution in [3.05, 3.63) is 64.7 Å². The Hall–Kier alpha value is -2.66. The zero-order valence-electron chi connectivity index (χ0n) is 13.8. The molecule has 2 aromatic rings. The second kappa shape index (κ2) is 7.49. The highest BCUT2D eigenvalue weighted by Crippen LogP contribution is 2.25. The Labute approximate surface area is 151 Å². The van der Waals surface area contributed by atoms with Gasteiger partial charge in [0.2, 0.25) is 11.8 Å². The van der Waals surface area contributed by atoms with Gasteiger partial charge < -0.3 is 4.90 Å². The molecule has 0 spiro atoms. The summed E-state index contributed by atoms with van der Waals surface area (Å²) in [5.74, 6) is -0.748. The molecule has 25 heavy (non-hydrogen) atoms. The Morgan fingerprint density at radius 1 is 1.24 bits per heavy atom. The average Bonchev–Trinajstić information content (AvgIpc) is 2.99. The van der Waals surface area contributed by atoms with Gasteiger partial charge in [0, 0.05) is 29.2 Å². The van der Waals surface area contributed by atoms with Crippen LogP contribution in [0.5, 0.6) is 0 Å². The lowest BCUT2D eigenvalue weighted by molar-refractivity contribution is -0.126. The SMILES string of the molecule is Cc1ccc(N2CC(C(=O)NN=Cc3ccccc3Cl)CC2=O)cc1. The van der Waals surface area contributed by atoms with Crippen LogP contribution in [-0.2, 0) is 9.59 Å². The number of benzene rings is 2. The van der Waals surface area contributed by atoms with Gasteiger partial charge in [-0.2, -0.15) is 5.10 Å². The minimum Gasteiger partial charge on any atom is -0.312 e. The lowest BCUT2D eigenvalue weighted by Gasteiger charge is -2.16. The highest BCUT2D eigenvalue weighted by molar-refractivity contribution is 6.33. The number of hydrogen-bond donors (Lipinski definition) is 1. The Balaban J connectivity index is 1.61. The highest BCUT2D eigenvalue weighted by Gasteiger charge is 2.35. The van der Waals surface area contributed by atoms with Crippen LogP contribution in [0, 0.1) is 12.8 Å². The van der Waals surface area contributed by atoms with Crippen molar-refractivity contribution in [2.45, 2.75) is 13.3 Å². The van der Waals surface area contributed by atoms with E-state index in [2.05, 4.69) is 10.5 Å². The number of carbonyl (C=O) groups is 2. The van der Waals surface area contributed by atoms with Crippen molar-refractivity contribution >= 4 is 35.3 Å². The Morgan fingerprint density at radius 2 is 1.96 bits per heavy atom. The summed E-state index contributed by atoms with van der Waals surface area (Å²) in [7, 11) is 0. The van der Waals surface area contributed by atoms with E-state index < -0.39 is 5.92 Å². The first-order chi connectivity index (χ1) is 12.0. The first kappa shape index (κ1) is 17.2. The van der Waals surface area contributed by atoms with Crippen molar-refractivity contribution in [1.82, 2.24) is 5.43 Å². The van der Waals surface area contributed by atoms with Crippen LogP contribution < -0.4 is 10.3 Å². The second-order valence-corrected chi connectivity index (χ2v) is 6.40. The van der Waals surface area contributed by atoms with E-state index in [-0.39, 0.29) is 18.2 Å². The summed E-state index contributed by atoms with van der Waals surface area (Å²) in [6.07, 6.45) is 1.68. The summed E-state index contributed by atoms with van der Waals surface area (Å²) < 4.78 is 0. The fourth-order valence-corrected chi connectivity index (χ4v) is 2.88. The predicted octanol–water partition coefficient (Wildman–Crippen LogP) is 3.15. The summed E-state index contributed by atoms with van der Waals surface area (Å²) in [4.78, 5) is 26.1. The molecule has 2 amide bonds. The number of aryl methyl sites for hydroxylation is 1. The van der Waals surface area contributed by atoms with Crippen LogP contribution in [0.3, 0.4) is 0 Å². The van der Waals surface area contributed by atoms with Crippen LogP contribution in [0.15, 0.2) is 53.6 Å². The number of nitrogens with one attached hydrogen (secondary N) is 1. The maximum absolute atomic E-state index is 12.3. The molecule has 1 unspecified atom stereocenters. The highest BCUT2D eigenvalue weighted by atomic mass is 35.5. The van der Waals surface area contributed by atoms with Gasteiger partial charge in [0.25, 0.3) is 0 Å². The van der Waals surface area contributed by atoms with Gasteiger partial charge in [0.05, 0.1) is 12.1 Å². The molecular formula is C19H18ClN3O2. The smallest absolute Gasteiger partial charge is 0.245 e. The second-order valence-electron chi connectivity index (χ2n) is 6.00. The van der Waals surface area contributed by atoms with Crippen LogP contribution in [0.25, 0.3) is 0 Å². The molecule has 1 aliphatic heterocycles. The largest absolute Gasteiger partial charge is 0.312 e. The third-order valence-electron chi connectivity index (χ3n) is 4.13. The summed E-state index contributed by atoms with van der Waals surface area (Å²) in [5.41, 5.74) is 5.15. The van der Waals surface area contributed by atoms with E-state index >= 15 is 0 Å². The van der Waals surface area contributed by atoms with Gasteiger partial charge in [-0.05, 0) is 25.1 Å². The first-order valence-corrected chi connectivity index (χ1v) is 8.37. The number of hydrogen-bond acceptors (Lipinski definition) is 3. The lowest BCUT2D eigenvalue weighted by atomic mass is 10.1. The summed E-state index contributed by atoms with van der Waals surface area (Å²) in [6.45, 7) is 2.35. The molecule has 128 valence electrons. The molecule has 1 heterocycles. The average molecular weight is 356 g/mol. The van der Waals surface area contributed by atoms with Gasteiger partial charge in [-0.15, -0.1) is 0 Å². The molecule has 0 saturated carbocycles. The number of nitrogens with zero attached hydrogens (tertiary/aromatic N) is 2. The van der Waals surface area contributed by atoms with Crippen molar-refractivity contribution in [3.63, 3.8) is 0 Å². The van der Waals surface area contributed by atoms with E-state index in [0.717, 1.165) is 11.3 Å². The van der Waals surface area contributed by atoms with Gasteiger partial charge in [-0.1, -0.05) is 47.5 Å². The molecule has 1 atom stereocenters. The fourth-order valence-electron chi connectivity index (χ4n) is 2.69. The molecule has 5 nitrogen and oxygen atoms in total. The van der Waals surface area contributed by atoms with Crippen molar-refractivity contribution in [1.29, 1.82) is 0 Å². The first-order valence-electron chi connectivity index (χ1n) is 7.99. The molecule has 6 heteroatoms. The quantitative estimate of drug-likeness (QED) is 0.676. The molecule has 1 aliphatic rings. The van der Waals surface area contributed by atoms with Gasteiger partial charge in [-0.3, -0.25) is 9.59 Å². The van der Waals surface area contributed by atoms with E-state index in [4.69, 9.17) is 11.6 Å². The van der Waals surface area contributed by atoms with Crippen molar-refractivity contribution in [2.24, 2.45) is 11.0 Å². The number of anilines is 1. The van der Waals surface area contributed by atoms with Crippen molar-refractivity contribution in [3.8, 4) is 0 Å². The zero-order valence-corrected chi connectivity index (χ0v) is 14.5. The maximum Gasteiger partial charge on any atom is 0.245 e. The minimum atomic E-state index is -0.419. The van der Waals surface area contributed by atoms with E-state index in [1.807, 2.05) is 43.3 Å². The monoisotopic (exact) mass is 355 g/mol. The minimum absolute atomic E-state index is 0.0564. The molecular weight excluding hydrogens is 338 g/mol. The maximum atomic E-state index is 12.3. The number of hydrazone groups is 1. The van der Waals surface area contributed by atoms with Gasteiger partial charge in [0.1, 0.15) is 0 Å². The Kier molecular flexibility index (Phi) is 5.14. The number of amides is 2. The summed E-state index contributed by atoms with van der Waals surface area (Å²) in [6, 6.07) is 14.9. The molecule has 1 N–H and O–H groups in total. The third-order valence-corrected chi connectivity index (χ3v) is 4.47. The molecule has 0 radical (unpaired) electrons. The van der Waals surface area contributed by atoms with Crippen LogP contribution in [0.1, 0.15) is 17.5 Å². The third kappa shape index (κ3) is 4.06. The normalized spacial score (nSPS) is 17.3. The summed E-state index contributed by atoms with van der Waals surface area (Å²) >= 11 is 6.03. The Morgan fingerprint density at radius 3 is 2.68 bits per heavy atom. The Bertz CT molecular complexity index is 818. The van der Waals surface area contributed by atoms with Crippen molar-refractivity contribution < 1.29 is 9.59 Å². The number of halogens is 1. The van der Waals surface area contributed by atoms with Gasteiger partial charge in [-0.25, -0.2) is 5.43 Å². The van der Waals surface area contributed by atoms with E-state index in [9.17, 15) is 9.59 Å². The standard InChI is InChI=1S/C19H18ClN3O2/c1-13-6-8-16(9-7-13)23-12-15(10-18(23)24)19(25)22-21-11-14-4-2-3-5-17(14)20/h2-9,11,15H,10,12H2,1H3,(H,22,25). The van der Waals surface area contributed by atoms with Gasteiger partial charge >= 0.3 is 0 Å². The van der Waals surface area contributed by atoms with Crippen LogP contribution in [0.2, 0.25) is 5.02 Å². The van der Waals surface area contributed by atoms with E-state index in [1.54, 1.807) is 17.0 Å². The summed E-state index contributed by atoms with van der Waals surface area (Å²) in [5, 5.41) is 4.50. The van der Waals surface area contributed by atoms with Gasteiger partial charge in [0.15, 0.2) is 0 Å². The van der Waals surface area contributed by atoms with Crippen molar-refractivity contribution in [2.75, 3.05) is 11.4 Å². The fraction of sp³-hybridized carbons (Fsp3) is 0.211. The van der Waals surface area contributed by atoms with E-state index in [1.165, 1.54) is 6.21 Å². The molecule has 0 aromatic heterocycles. The zero-order chi connectivity index (χ0) is 17.8. The lowest BCUT2D eigenvalue weighted by Crippen LogP contribution is -2.30. The van der Waals surface area contributed by atoms with E-state index in [0.29, 0.717) is 17.1 Å². The number of rotatable bonds is 4. The molecule has 0 aliphatic carbocycles. The molecule has 2 aromatic carbocycles. The van der Waals surface area contributed by atoms with Crippen LogP contribution >= 0.6 is 11.6 Å². The molecule has 1 saturated heterocycles. The number of carbonyl (C=O) groups excluding carboxylic acids is 2. The van der Waals surface area contributed by atoms with Crippen LogP contribution in [-0.4, -0.2) is 24.6 Å². The van der Waals surface area contributed by atoms with Crippen LogP contribution in [0.4, 0.5) is 5.69 Å². The topological polar surface area (TPSA) is 61.8 Å². The molecule has 1 fully saturated rings. The predicted molar refractivity (Wildman–Crippen MR) is 98.8 cm³/mol. The molecule has 3 rings (SSSR count).